The number of rotatable bonds is 10. The Kier molecular flexibility index (Phi) is 9.93. The van der Waals surface area contributed by atoms with E-state index in [0.29, 0.717) is 18.4 Å². The van der Waals surface area contributed by atoms with E-state index < -0.39 is 0 Å². The zero-order chi connectivity index (χ0) is 25.3. The molecule has 0 amide bonds. The molecule has 0 saturated carbocycles. The Morgan fingerprint density at radius 3 is 2.18 bits per heavy atom. The lowest BCUT2D eigenvalue weighted by molar-refractivity contribution is 0.104. The van der Waals surface area contributed by atoms with E-state index in [4.69, 9.17) is 0 Å². The van der Waals surface area contributed by atoms with Gasteiger partial charge in [0.15, 0.2) is 5.78 Å². The van der Waals surface area contributed by atoms with Gasteiger partial charge in [-0.15, -0.1) is 0 Å². The molecular weight excluding hydrogens is 424 g/mol. The van der Waals surface area contributed by atoms with Gasteiger partial charge in [0.1, 0.15) is 17.2 Å². The maximum Gasteiger partial charge on any atom is 0.189 e. The third-order valence-corrected chi connectivity index (χ3v) is 5.53. The summed E-state index contributed by atoms with van der Waals surface area (Å²) in [6.07, 6.45) is 12.0. The maximum atomic E-state index is 12.8. The van der Waals surface area contributed by atoms with Gasteiger partial charge in [-0.2, -0.15) is 0 Å². The number of carbonyl (C=O) groups excluding carboxylic acids is 1. The van der Waals surface area contributed by atoms with Crippen LogP contribution in [0.2, 0.25) is 0 Å². The summed E-state index contributed by atoms with van der Waals surface area (Å²) < 4.78 is 0. The standard InChI is InChI=1S/C30H36O4/c1-20(2)7-6-8-22(5)10-14-25-29(33)18-15-26(30(25)34)28(32)17-12-23-11-16-27(31)24(19-23)13-9-21(3)4/h7,9-12,15-19,31,33-34H,6,8,13-14H2,1-5H3/b17-12+,22-10-. The van der Waals surface area contributed by atoms with E-state index >= 15 is 0 Å². The van der Waals surface area contributed by atoms with Crippen LogP contribution in [0, 0.1) is 0 Å². The zero-order valence-corrected chi connectivity index (χ0v) is 20.9. The number of aromatic hydroxyl groups is 3. The van der Waals surface area contributed by atoms with Gasteiger partial charge in [-0.05, 0) is 102 Å². The van der Waals surface area contributed by atoms with Crippen molar-refractivity contribution < 1.29 is 20.1 Å². The highest BCUT2D eigenvalue weighted by Crippen LogP contribution is 2.32. The van der Waals surface area contributed by atoms with E-state index in [0.717, 1.165) is 35.1 Å². The normalized spacial score (nSPS) is 11.5. The number of hydrogen-bond donors (Lipinski definition) is 3. The predicted molar refractivity (Wildman–Crippen MR) is 141 cm³/mol. The molecule has 2 aromatic carbocycles. The van der Waals surface area contributed by atoms with E-state index in [1.54, 1.807) is 18.2 Å². The van der Waals surface area contributed by atoms with Crippen LogP contribution in [-0.4, -0.2) is 21.1 Å². The molecule has 0 unspecified atom stereocenters. The Bertz CT molecular complexity index is 1140. The first kappa shape index (κ1) is 26.7. The van der Waals surface area contributed by atoms with Crippen molar-refractivity contribution in [3.8, 4) is 17.2 Å². The van der Waals surface area contributed by atoms with Gasteiger partial charge in [0, 0.05) is 5.56 Å². The van der Waals surface area contributed by atoms with Crippen LogP contribution >= 0.6 is 0 Å². The lowest BCUT2D eigenvalue weighted by Gasteiger charge is -2.09. The predicted octanol–water partition coefficient (Wildman–Crippen LogP) is 7.44. The van der Waals surface area contributed by atoms with Crippen LogP contribution < -0.4 is 0 Å². The average molecular weight is 461 g/mol. The highest BCUT2D eigenvalue weighted by atomic mass is 16.3. The van der Waals surface area contributed by atoms with E-state index in [-0.39, 0.29) is 28.6 Å². The fraction of sp³-hybridized carbons (Fsp3) is 0.300. The summed E-state index contributed by atoms with van der Waals surface area (Å²) in [6, 6.07) is 8.06. The summed E-state index contributed by atoms with van der Waals surface area (Å²) in [6.45, 7) is 10.2. The van der Waals surface area contributed by atoms with Crippen LogP contribution in [0.15, 0.2) is 71.4 Å². The fourth-order valence-corrected chi connectivity index (χ4v) is 3.44. The van der Waals surface area contributed by atoms with Gasteiger partial charge < -0.3 is 15.3 Å². The number of ketones is 1. The first-order chi connectivity index (χ1) is 16.1. The van der Waals surface area contributed by atoms with Crippen molar-refractivity contribution in [2.75, 3.05) is 0 Å². The molecule has 0 spiro atoms. The van der Waals surface area contributed by atoms with Gasteiger partial charge in [-0.1, -0.05) is 47.1 Å². The number of hydrogen-bond acceptors (Lipinski definition) is 4. The summed E-state index contributed by atoms with van der Waals surface area (Å²) in [5.74, 6) is -0.375. The third kappa shape index (κ3) is 8.11. The molecule has 0 heterocycles. The van der Waals surface area contributed by atoms with Gasteiger partial charge in [0.2, 0.25) is 0 Å². The van der Waals surface area contributed by atoms with Gasteiger partial charge in [-0.3, -0.25) is 4.79 Å². The molecule has 0 aliphatic heterocycles. The fourth-order valence-electron chi connectivity index (χ4n) is 3.44. The first-order valence-corrected chi connectivity index (χ1v) is 11.6. The van der Waals surface area contributed by atoms with Crippen LogP contribution in [0.25, 0.3) is 6.08 Å². The van der Waals surface area contributed by atoms with Crippen molar-refractivity contribution >= 4 is 11.9 Å². The highest BCUT2D eigenvalue weighted by molar-refractivity contribution is 6.09. The van der Waals surface area contributed by atoms with Crippen molar-refractivity contribution in [2.24, 2.45) is 0 Å². The summed E-state index contributed by atoms with van der Waals surface area (Å²) in [5, 5.41) is 31.0. The van der Waals surface area contributed by atoms with Crippen LogP contribution in [-0.2, 0) is 12.8 Å². The van der Waals surface area contributed by atoms with Crippen LogP contribution in [0.1, 0.15) is 74.5 Å². The molecule has 0 aromatic heterocycles. The lowest BCUT2D eigenvalue weighted by atomic mass is 9.99. The quantitative estimate of drug-likeness (QED) is 0.195. The second-order valence-electron chi connectivity index (χ2n) is 9.11. The van der Waals surface area contributed by atoms with Crippen LogP contribution in [0.3, 0.4) is 0 Å². The van der Waals surface area contributed by atoms with Crippen molar-refractivity contribution in [1.82, 2.24) is 0 Å². The van der Waals surface area contributed by atoms with Gasteiger partial charge in [0.05, 0.1) is 5.56 Å². The molecule has 180 valence electrons. The second-order valence-corrected chi connectivity index (χ2v) is 9.11. The largest absolute Gasteiger partial charge is 0.508 e. The van der Waals surface area contributed by atoms with E-state index in [1.807, 2.05) is 39.0 Å². The number of phenolic OH excluding ortho intramolecular Hbond substituents is 3. The number of allylic oxidation sites excluding steroid dienone is 7. The third-order valence-electron chi connectivity index (χ3n) is 5.53. The SMILES string of the molecule is CC(C)=CCC/C(C)=C\Cc1c(O)ccc(C(=O)/C=C/c2ccc(O)c(CC=C(C)C)c2)c1O. The summed E-state index contributed by atoms with van der Waals surface area (Å²) in [5.41, 5.74) is 5.63. The number of phenols is 3. The Balaban J connectivity index is 2.19. The molecule has 34 heavy (non-hydrogen) atoms. The average Bonchev–Trinajstić information content (AvgIpc) is 2.77. The Hall–Kier alpha value is -3.53. The molecule has 0 radical (unpaired) electrons. The molecule has 0 aliphatic carbocycles. The smallest absolute Gasteiger partial charge is 0.189 e. The molecular formula is C30H36O4. The Morgan fingerprint density at radius 2 is 1.50 bits per heavy atom. The molecule has 3 N–H and O–H groups in total. The lowest BCUT2D eigenvalue weighted by Crippen LogP contribution is -1.98. The van der Waals surface area contributed by atoms with Crippen LogP contribution in [0.4, 0.5) is 0 Å². The Labute approximate surface area is 203 Å². The molecule has 2 aromatic rings. The van der Waals surface area contributed by atoms with Crippen molar-refractivity contribution in [2.45, 2.75) is 60.3 Å². The molecule has 0 aliphatic rings. The Morgan fingerprint density at radius 1 is 0.824 bits per heavy atom. The van der Waals surface area contributed by atoms with E-state index in [9.17, 15) is 20.1 Å². The molecule has 0 bridgehead atoms. The van der Waals surface area contributed by atoms with Gasteiger partial charge in [-0.25, -0.2) is 0 Å². The monoisotopic (exact) mass is 460 g/mol. The summed E-state index contributed by atoms with van der Waals surface area (Å²) in [4.78, 5) is 12.8. The maximum absolute atomic E-state index is 12.8. The minimum absolute atomic E-state index is 0.0335. The molecule has 0 atom stereocenters. The topological polar surface area (TPSA) is 77.8 Å². The highest BCUT2D eigenvalue weighted by Gasteiger charge is 2.15. The van der Waals surface area contributed by atoms with Crippen LogP contribution in [0.5, 0.6) is 17.2 Å². The van der Waals surface area contributed by atoms with Crippen molar-refractivity contribution in [3.63, 3.8) is 0 Å². The molecule has 0 fully saturated rings. The van der Waals surface area contributed by atoms with Crippen molar-refractivity contribution in [3.05, 3.63) is 93.6 Å². The molecule has 0 saturated heterocycles. The van der Waals surface area contributed by atoms with Gasteiger partial charge in [0.25, 0.3) is 0 Å². The summed E-state index contributed by atoms with van der Waals surface area (Å²) in [7, 11) is 0. The zero-order valence-electron chi connectivity index (χ0n) is 20.9. The van der Waals surface area contributed by atoms with Crippen molar-refractivity contribution in [1.29, 1.82) is 0 Å². The molecule has 4 nitrogen and oxygen atoms in total. The number of benzene rings is 2. The minimum atomic E-state index is -0.359. The second kappa shape index (κ2) is 12.6. The van der Waals surface area contributed by atoms with E-state index in [1.165, 1.54) is 23.8 Å². The molecule has 4 heteroatoms. The van der Waals surface area contributed by atoms with E-state index in [2.05, 4.69) is 19.9 Å². The first-order valence-electron chi connectivity index (χ1n) is 11.6. The number of carbonyl (C=O) groups is 1. The minimum Gasteiger partial charge on any atom is -0.508 e. The summed E-state index contributed by atoms with van der Waals surface area (Å²) >= 11 is 0. The molecule has 2 rings (SSSR count). The van der Waals surface area contributed by atoms with Gasteiger partial charge >= 0.3 is 0 Å².